The molecule has 1 unspecified atom stereocenters. The fraction of sp³-hybridized carbons (Fsp3) is 0.250. The number of nitrogens with two attached hydrogens (primary N) is 2. The topological polar surface area (TPSA) is 52.0 Å². The van der Waals surface area contributed by atoms with Crippen LogP contribution in [0.25, 0.3) is 0 Å². The van der Waals surface area contributed by atoms with E-state index in [0.717, 1.165) is 12.1 Å². The van der Waals surface area contributed by atoms with Crippen LogP contribution in [0.3, 0.4) is 0 Å². The summed E-state index contributed by atoms with van der Waals surface area (Å²) in [6.45, 7) is 2.76. The molecular weight excluding hydrogens is 220 g/mol. The van der Waals surface area contributed by atoms with Gasteiger partial charge in [-0.3, -0.25) is 0 Å². The fourth-order valence-electron chi connectivity index (χ4n) is 2.11. The largest absolute Gasteiger partial charge is 0.399 e. The molecule has 0 aliphatic heterocycles. The van der Waals surface area contributed by atoms with E-state index >= 15 is 0 Å². The van der Waals surface area contributed by atoms with Gasteiger partial charge in [0.15, 0.2) is 0 Å². The Labute approximate surface area is 109 Å². The maximum atomic E-state index is 5.90. The zero-order valence-corrected chi connectivity index (χ0v) is 10.8. The molecule has 0 aliphatic rings. The van der Waals surface area contributed by atoms with Crippen LogP contribution in [0.4, 0.5) is 5.69 Å². The molecule has 0 bridgehead atoms. The number of nitrogen functional groups attached to an aromatic ring is 1. The second kappa shape index (κ2) is 5.69. The molecule has 94 valence electrons. The molecular formula is C16H20N2. The summed E-state index contributed by atoms with van der Waals surface area (Å²) in [5, 5.41) is 0. The summed E-state index contributed by atoms with van der Waals surface area (Å²) < 4.78 is 0. The highest BCUT2D eigenvalue weighted by atomic mass is 14.6. The molecule has 0 saturated heterocycles. The predicted octanol–water partition coefficient (Wildman–Crippen LogP) is 2.86. The van der Waals surface area contributed by atoms with Gasteiger partial charge in [-0.15, -0.1) is 0 Å². The predicted molar refractivity (Wildman–Crippen MR) is 77.5 cm³/mol. The molecule has 2 aromatic carbocycles. The smallest absolute Gasteiger partial charge is 0.0314 e. The molecule has 0 spiro atoms. The van der Waals surface area contributed by atoms with E-state index < -0.39 is 0 Å². The SMILES string of the molecule is Cc1ccc(C(CN)Cc2ccc(N)cc2)cc1. The molecule has 0 aromatic heterocycles. The zero-order chi connectivity index (χ0) is 13.0. The van der Waals surface area contributed by atoms with Crippen LogP contribution in [0.5, 0.6) is 0 Å². The molecule has 1 atom stereocenters. The zero-order valence-electron chi connectivity index (χ0n) is 10.8. The lowest BCUT2D eigenvalue weighted by atomic mass is 9.91. The molecule has 0 heterocycles. The third-order valence-corrected chi connectivity index (χ3v) is 3.30. The highest BCUT2D eigenvalue weighted by Gasteiger charge is 2.10. The van der Waals surface area contributed by atoms with Gasteiger partial charge in [0, 0.05) is 11.6 Å². The van der Waals surface area contributed by atoms with Crippen molar-refractivity contribution in [2.75, 3.05) is 12.3 Å². The molecule has 2 heteroatoms. The second-order valence-electron chi connectivity index (χ2n) is 4.79. The van der Waals surface area contributed by atoms with Crippen molar-refractivity contribution in [2.45, 2.75) is 19.3 Å². The van der Waals surface area contributed by atoms with Crippen LogP contribution < -0.4 is 11.5 Å². The average molecular weight is 240 g/mol. The van der Waals surface area contributed by atoms with E-state index in [1.54, 1.807) is 0 Å². The normalized spacial score (nSPS) is 12.3. The number of benzene rings is 2. The van der Waals surface area contributed by atoms with E-state index in [-0.39, 0.29) is 0 Å². The van der Waals surface area contributed by atoms with Gasteiger partial charge in [-0.1, -0.05) is 42.0 Å². The van der Waals surface area contributed by atoms with E-state index in [4.69, 9.17) is 11.5 Å². The van der Waals surface area contributed by atoms with Gasteiger partial charge < -0.3 is 11.5 Å². The van der Waals surface area contributed by atoms with Crippen molar-refractivity contribution in [1.29, 1.82) is 0 Å². The summed E-state index contributed by atoms with van der Waals surface area (Å²) in [6.07, 6.45) is 0.958. The highest BCUT2D eigenvalue weighted by Crippen LogP contribution is 2.21. The Morgan fingerprint density at radius 1 is 0.944 bits per heavy atom. The lowest BCUT2D eigenvalue weighted by molar-refractivity contribution is 0.694. The monoisotopic (exact) mass is 240 g/mol. The van der Waals surface area contributed by atoms with Crippen molar-refractivity contribution in [3.05, 3.63) is 65.2 Å². The number of anilines is 1. The minimum Gasteiger partial charge on any atom is -0.399 e. The quantitative estimate of drug-likeness (QED) is 0.807. The Hall–Kier alpha value is -1.80. The molecule has 2 rings (SSSR count). The molecule has 0 saturated carbocycles. The van der Waals surface area contributed by atoms with E-state index in [2.05, 4.69) is 43.3 Å². The standard InChI is InChI=1S/C16H20N2/c1-12-2-6-14(7-3-12)15(11-17)10-13-4-8-16(18)9-5-13/h2-9,15H,10-11,17-18H2,1H3. The van der Waals surface area contributed by atoms with Crippen LogP contribution in [0.1, 0.15) is 22.6 Å². The maximum Gasteiger partial charge on any atom is 0.0314 e. The van der Waals surface area contributed by atoms with Gasteiger partial charge in [0.25, 0.3) is 0 Å². The van der Waals surface area contributed by atoms with Crippen molar-refractivity contribution >= 4 is 5.69 Å². The summed E-state index contributed by atoms with van der Waals surface area (Å²) in [5.74, 6) is 0.370. The number of hydrogen-bond acceptors (Lipinski definition) is 2. The van der Waals surface area contributed by atoms with Crippen molar-refractivity contribution in [3.8, 4) is 0 Å². The lowest BCUT2D eigenvalue weighted by Crippen LogP contribution is -2.15. The summed E-state index contributed by atoms with van der Waals surface area (Å²) in [7, 11) is 0. The first-order valence-electron chi connectivity index (χ1n) is 6.30. The molecule has 0 fully saturated rings. The Morgan fingerprint density at radius 2 is 1.56 bits per heavy atom. The first kappa shape index (κ1) is 12.7. The maximum absolute atomic E-state index is 5.90. The molecule has 2 aromatic rings. The van der Waals surface area contributed by atoms with Crippen LogP contribution in [0.2, 0.25) is 0 Å². The summed E-state index contributed by atoms with van der Waals surface area (Å²) in [5.41, 5.74) is 16.3. The van der Waals surface area contributed by atoms with Gasteiger partial charge in [0.1, 0.15) is 0 Å². The Bertz CT molecular complexity index is 486. The molecule has 0 radical (unpaired) electrons. The molecule has 0 aliphatic carbocycles. The van der Waals surface area contributed by atoms with Gasteiger partial charge in [-0.25, -0.2) is 0 Å². The van der Waals surface area contributed by atoms with E-state index in [9.17, 15) is 0 Å². The van der Waals surface area contributed by atoms with Crippen LogP contribution in [-0.4, -0.2) is 6.54 Å². The molecule has 0 amide bonds. The lowest BCUT2D eigenvalue weighted by Gasteiger charge is -2.15. The van der Waals surface area contributed by atoms with Crippen LogP contribution in [0.15, 0.2) is 48.5 Å². The Balaban J connectivity index is 2.14. The van der Waals surface area contributed by atoms with Crippen molar-refractivity contribution < 1.29 is 0 Å². The van der Waals surface area contributed by atoms with Gasteiger partial charge in [-0.2, -0.15) is 0 Å². The molecule has 18 heavy (non-hydrogen) atoms. The van der Waals surface area contributed by atoms with Crippen LogP contribution in [-0.2, 0) is 6.42 Å². The van der Waals surface area contributed by atoms with Gasteiger partial charge in [0.05, 0.1) is 0 Å². The van der Waals surface area contributed by atoms with E-state index in [1.807, 2.05) is 12.1 Å². The minimum atomic E-state index is 0.370. The van der Waals surface area contributed by atoms with Crippen LogP contribution in [0, 0.1) is 6.92 Å². The fourth-order valence-corrected chi connectivity index (χ4v) is 2.11. The molecule has 2 nitrogen and oxygen atoms in total. The molecule has 4 N–H and O–H groups in total. The summed E-state index contributed by atoms with van der Waals surface area (Å²) in [6, 6.07) is 16.7. The number of aryl methyl sites for hydroxylation is 1. The van der Waals surface area contributed by atoms with Crippen molar-refractivity contribution in [1.82, 2.24) is 0 Å². The third kappa shape index (κ3) is 3.11. The summed E-state index contributed by atoms with van der Waals surface area (Å²) in [4.78, 5) is 0. The Kier molecular flexibility index (Phi) is 4.00. The van der Waals surface area contributed by atoms with Crippen LogP contribution >= 0.6 is 0 Å². The van der Waals surface area contributed by atoms with Gasteiger partial charge >= 0.3 is 0 Å². The Morgan fingerprint density at radius 3 is 2.11 bits per heavy atom. The van der Waals surface area contributed by atoms with Gasteiger partial charge in [0.2, 0.25) is 0 Å². The van der Waals surface area contributed by atoms with E-state index in [1.165, 1.54) is 16.7 Å². The first-order chi connectivity index (χ1) is 8.69. The van der Waals surface area contributed by atoms with Crippen molar-refractivity contribution in [2.24, 2.45) is 5.73 Å². The second-order valence-corrected chi connectivity index (χ2v) is 4.79. The minimum absolute atomic E-state index is 0.370. The number of rotatable bonds is 4. The van der Waals surface area contributed by atoms with Gasteiger partial charge in [-0.05, 0) is 43.1 Å². The third-order valence-electron chi connectivity index (χ3n) is 3.30. The average Bonchev–Trinajstić information content (AvgIpc) is 2.39. The summed E-state index contributed by atoms with van der Waals surface area (Å²) >= 11 is 0. The van der Waals surface area contributed by atoms with Crippen molar-refractivity contribution in [3.63, 3.8) is 0 Å². The highest BCUT2D eigenvalue weighted by molar-refractivity contribution is 5.40. The number of hydrogen-bond donors (Lipinski definition) is 2. The van der Waals surface area contributed by atoms with E-state index in [0.29, 0.717) is 12.5 Å². The first-order valence-corrected chi connectivity index (χ1v) is 6.30.